The highest BCUT2D eigenvalue weighted by molar-refractivity contribution is 7.89. The molecule has 0 unspecified atom stereocenters. The van der Waals surface area contributed by atoms with Crippen LogP contribution in [0.3, 0.4) is 0 Å². The Bertz CT molecular complexity index is 1160. The Labute approximate surface area is 172 Å². The van der Waals surface area contributed by atoms with Crippen LogP contribution >= 0.6 is 0 Å². The highest BCUT2D eigenvalue weighted by Crippen LogP contribution is 2.29. The van der Waals surface area contributed by atoms with Gasteiger partial charge in [-0.3, -0.25) is 4.98 Å². The molecule has 0 amide bonds. The average Bonchev–Trinajstić information content (AvgIpc) is 2.72. The summed E-state index contributed by atoms with van der Waals surface area (Å²) in [6.07, 6.45) is 1.77. The second kappa shape index (κ2) is 7.39. The zero-order valence-corrected chi connectivity index (χ0v) is 18.1. The Balaban J connectivity index is 1.58. The van der Waals surface area contributed by atoms with Gasteiger partial charge in [-0.1, -0.05) is 18.2 Å². The highest BCUT2D eigenvalue weighted by atomic mass is 32.2. The number of nitrogens with zero attached hydrogens (tertiary/aromatic N) is 4. The van der Waals surface area contributed by atoms with E-state index < -0.39 is 10.0 Å². The Hall–Kier alpha value is -2.51. The second-order valence-corrected chi connectivity index (χ2v) is 9.57. The van der Waals surface area contributed by atoms with Crippen molar-refractivity contribution in [2.24, 2.45) is 0 Å². The van der Waals surface area contributed by atoms with Crippen molar-refractivity contribution in [3.8, 4) is 0 Å². The molecule has 4 rings (SSSR count). The number of para-hydroxylation sites is 2. The van der Waals surface area contributed by atoms with Gasteiger partial charge in [0.05, 0.1) is 22.1 Å². The second-order valence-electron chi connectivity index (χ2n) is 7.70. The van der Waals surface area contributed by atoms with Gasteiger partial charge in [-0.2, -0.15) is 4.31 Å². The summed E-state index contributed by atoms with van der Waals surface area (Å²) in [6, 6.07) is 9.82. The number of aryl methyl sites for hydroxylation is 2. The number of aromatic nitrogens is 2. The summed E-state index contributed by atoms with van der Waals surface area (Å²) < 4.78 is 28.5. The van der Waals surface area contributed by atoms with Gasteiger partial charge in [0.2, 0.25) is 10.0 Å². The Kier molecular flexibility index (Phi) is 5.04. The maximum absolute atomic E-state index is 13.4. The lowest BCUT2D eigenvalue weighted by Gasteiger charge is -2.35. The van der Waals surface area contributed by atoms with Crippen molar-refractivity contribution < 1.29 is 8.42 Å². The monoisotopic (exact) mass is 410 g/mol. The fourth-order valence-electron chi connectivity index (χ4n) is 3.95. The fourth-order valence-corrected chi connectivity index (χ4v) is 5.95. The first-order valence-electron chi connectivity index (χ1n) is 9.83. The number of sulfonamides is 1. The first-order chi connectivity index (χ1) is 13.8. The maximum Gasteiger partial charge on any atom is 0.243 e. The van der Waals surface area contributed by atoms with Gasteiger partial charge in [0.25, 0.3) is 0 Å². The zero-order valence-electron chi connectivity index (χ0n) is 17.3. The van der Waals surface area contributed by atoms with Gasteiger partial charge < -0.3 is 4.90 Å². The van der Waals surface area contributed by atoms with Crippen LogP contribution in [0.2, 0.25) is 0 Å². The zero-order chi connectivity index (χ0) is 20.8. The molecular weight excluding hydrogens is 384 g/mol. The quantitative estimate of drug-likeness (QED) is 0.662. The van der Waals surface area contributed by atoms with Gasteiger partial charge in [-0.25, -0.2) is 13.4 Å². The molecule has 1 aliphatic rings. The molecule has 0 radical (unpaired) electrons. The van der Waals surface area contributed by atoms with Gasteiger partial charge in [-0.15, -0.1) is 0 Å². The van der Waals surface area contributed by atoms with E-state index in [-0.39, 0.29) is 0 Å². The number of piperazine rings is 1. The molecule has 0 atom stereocenters. The summed E-state index contributed by atoms with van der Waals surface area (Å²) in [5.41, 5.74) is 5.42. The minimum absolute atomic E-state index is 0.433. The average molecular weight is 411 g/mol. The van der Waals surface area contributed by atoms with Gasteiger partial charge in [0.1, 0.15) is 5.82 Å². The molecule has 0 N–H and O–H groups in total. The van der Waals surface area contributed by atoms with E-state index >= 15 is 0 Å². The molecule has 1 fully saturated rings. The van der Waals surface area contributed by atoms with Crippen molar-refractivity contribution in [2.45, 2.75) is 32.6 Å². The number of benzene rings is 2. The number of hydrogen-bond acceptors (Lipinski definition) is 5. The maximum atomic E-state index is 13.4. The Morgan fingerprint density at radius 3 is 2.07 bits per heavy atom. The van der Waals surface area contributed by atoms with Crippen LogP contribution in [0, 0.1) is 27.7 Å². The van der Waals surface area contributed by atoms with E-state index in [0.29, 0.717) is 31.1 Å². The molecule has 7 heteroatoms. The molecule has 2 aromatic carbocycles. The van der Waals surface area contributed by atoms with Crippen LogP contribution in [0.5, 0.6) is 0 Å². The third-order valence-corrected chi connectivity index (χ3v) is 8.07. The summed E-state index contributed by atoms with van der Waals surface area (Å²) in [5, 5.41) is 0. The van der Waals surface area contributed by atoms with E-state index in [1.165, 1.54) is 0 Å². The lowest BCUT2D eigenvalue weighted by Crippen LogP contribution is -2.49. The van der Waals surface area contributed by atoms with Gasteiger partial charge >= 0.3 is 0 Å². The fraction of sp³-hybridized carbons (Fsp3) is 0.364. The standard InChI is InChI=1S/C22H26N4O2S/c1-15-13-16(2)18(4)22(17(15)3)29(27,28)26-11-9-25(10-12-26)21-14-23-19-7-5-6-8-20(19)24-21/h5-8,13-14H,9-12H2,1-4H3. The number of rotatable bonds is 3. The molecule has 0 spiro atoms. The normalized spacial score (nSPS) is 15.8. The molecule has 2 heterocycles. The third kappa shape index (κ3) is 3.49. The van der Waals surface area contributed by atoms with Crippen molar-refractivity contribution >= 4 is 26.9 Å². The van der Waals surface area contributed by atoms with E-state index in [2.05, 4.69) is 16.0 Å². The van der Waals surface area contributed by atoms with E-state index in [4.69, 9.17) is 4.98 Å². The van der Waals surface area contributed by atoms with Crippen molar-refractivity contribution in [3.63, 3.8) is 0 Å². The molecule has 152 valence electrons. The van der Waals surface area contributed by atoms with Crippen LogP contribution in [0.1, 0.15) is 22.3 Å². The number of fused-ring (bicyclic) bond motifs is 1. The predicted molar refractivity (Wildman–Crippen MR) is 116 cm³/mol. The van der Waals surface area contributed by atoms with E-state index in [0.717, 1.165) is 39.1 Å². The number of anilines is 1. The largest absolute Gasteiger partial charge is 0.353 e. The first kappa shape index (κ1) is 19.8. The summed E-state index contributed by atoms with van der Waals surface area (Å²) in [5.74, 6) is 0.791. The highest BCUT2D eigenvalue weighted by Gasteiger charge is 2.32. The lowest BCUT2D eigenvalue weighted by atomic mass is 10.0. The molecule has 0 aliphatic carbocycles. The third-order valence-electron chi connectivity index (χ3n) is 5.89. The van der Waals surface area contributed by atoms with Gasteiger partial charge in [0.15, 0.2) is 0 Å². The lowest BCUT2D eigenvalue weighted by molar-refractivity contribution is 0.383. The summed E-state index contributed by atoms with van der Waals surface area (Å²) in [6.45, 7) is 9.79. The molecule has 1 saturated heterocycles. The summed E-state index contributed by atoms with van der Waals surface area (Å²) in [7, 11) is -3.54. The van der Waals surface area contributed by atoms with Crippen molar-refractivity contribution in [1.29, 1.82) is 0 Å². The topological polar surface area (TPSA) is 66.4 Å². The van der Waals surface area contributed by atoms with Crippen molar-refractivity contribution in [1.82, 2.24) is 14.3 Å². The van der Waals surface area contributed by atoms with E-state index in [9.17, 15) is 8.42 Å². The number of hydrogen-bond donors (Lipinski definition) is 0. The van der Waals surface area contributed by atoms with E-state index in [1.54, 1.807) is 10.5 Å². The molecule has 0 bridgehead atoms. The smallest absolute Gasteiger partial charge is 0.243 e. The molecular formula is C22H26N4O2S. The van der Waals surface area contributed by atoms with Crippen LogP contribution in [-0.2, 0) is 10.0 Å². The van der Waals surface area contributed by atoms with Crippen LogP contribution in [0.25, 0.3) is 11.0 Å². The Morgan fingerprint density at radius 2 is 1.45 bits per heavy atom. The molecule has 1 aliphatic heterocycles. The molecule has 1 aromatic heterocycles. The molecule has 29 heavy (non-hydrogen) atoms. The van der Waals surface area contributed by atoms with Crippen LogP contribution in [0.15, 0.2) is 41.4 Å². The predicted octanol–water partition coefficient (Wildman–Crippen LogP) is 3.37. The van der Waals surface area contributed by atoms with Crippen LogP contribution in [-0.4, -0.2) is 48.9 Å². The summed E-state index contributed by atoms with van der Waals surface area (Å²) >= 11 is 0. The van der Waals surface area contributed by atoms with Crippen molar-refractivity contribution in [3.05, 3.63) is 58.8 Å². The van der Waals surface area contributed by atoms with Crippen LogP contribution < -0.4 is 4.90 Å². The molecule has 3 aromatic rings. The van der Waals surface area contributed by atoms with Gasteiger partial charge in [0, 0.05) is 26.2 Å². The van der Waals surface area contributed by atoms with E-state index in [1.807, 2.05) is 52.0 Å². The first-order valence-corrected chi connectivity index (χ1v) is 11.3. The Morgan fingerprint density at radius 1 is 0.862 bits per heavy atom. The molecule has 0 saturated carbocycles. The molecule has 6 nitrogen and oxygen atoms in total. The van der Waals surface area contributed by atoms with Crippen LogP contribution in [0.4, 0.5) is 5.82 Å². The van der Waals surface area contributed by atoms with Crippen molar-refractivity contribution in [2.75, 3.05) is 31.1 Å². The summed E-state index contributed by atoms with van der Waals surface area (Å²) in [4.78, 5) is 11.7. The van der Waals surface area contributed by atoms with Gasteiger partial charge in [-0.05, 0) is 62.1 Å². The SMILES string of the molecule is Cc1cc(C)c(C)c(S(=O)(=O)N2CCN(c3cnc4ccccc4n3)CC2)c1C. The minimum Gasteiger partial charge on any atom is -0.353 e. The minimum atomic E-state index is -3.54.